The zero-order valence-electron chi connectivity index (χ0n) is 15.4. The molecule has 4 nitrogen and oxygen atoms in total. The minimum Gasteiger partial charge on any atom is -0.452 e. The largest absolute Gasteiger partial charge is 0.966 e. The van der Waals surface area contributed by atoms with Crippen molar-refractivity contribution >= 4 is 9.05 Å². The summed E-state index contributed by atoms with van der Waals surface area (Å²) in [6, 6.07) is 31.4. The van der Waals surface area contributed by atoms with E-state index in [4.69, 9.17) is 17.7 Å². The Kier molecular flexibility index (Phi) is 3.45. The average Bonchev–Trinajstić information content (AvgIpc) is 2.97. The Balaban J connectivity index is 1.60. The van der Waals surface area contributed by atoms with Crippen LogP contribution in [0.1, 0.15) is 0 Å². The molecule has 140 valence electrons. The summed E-state index contributed by atoms with van der Waals surface area (Å²) < 4.78 is 25.7. The van der Waals surface area contributed by atoms with Crippen LogP contribution in [0.15, 0.2) is 97.1 Å². The molecule has 0 N–H and O–H groups in total. The molecule has 1 spiro atoms. The van der Waals surface area contributed by atoms with Crippen LogP contribution in [0.25, 0.3) is 22.3 Å². The Morgan fingerprint density at radius 2 is 0.586 bits per heavy atom. The quantitative estimate of drug-likeness (QED) is 0.357. The summed E-state index contributed by atoms with van der Waals surface area (Å²) in [5.41, 5.74) is 3.80. The van der Waals surface area contributed by atoms with Gasteiger partial charge in [-0.2, -0.15) is 0 Å². The van der Waals surface area contributed by atoms with E-state index in [-0.39, 0.29) is 0 Å². The minimum absolute atomic E-state index is 0.681. The first-order valence-electron chi connectivity index (χ1n) is 9.44. The normalized spacial score (nSPS) is 14.9. The maximum Gasteiger partial charge on any atom is 0.966 e. The van der Waals surface area contributed by atoms with Gasteiger partial charge in [-0.1, -0.05) is 72.8 Å². The van der Waals surface area contributed by atoms with Crippen molar-refractivity contribution in [3.05, 3.63) is 97.1 Å². The van der Waals surface area contributed by atoms with Gasteiger partial charge in [0.15, 0.2) is 0 Å². The summed E-state index contributed by atoms with van der Waals surface area (Å²) >= 11 is 0. The lowest BCUT2D eigenvalue weighted by Crippen LogP contribution is -2.60. The average molecular weight is 396 g/mol. The van der Waals surface area contributed by atoms with Crippen molar-refractivity contribution in [3.63, 3.8) is 0 Å². The van der Waals surface area contributed by atoms with Gasteiger partial charge in [-0.05, 0) is 24.3 Å². The molecule has 0 aromatic heterocycles. The van der Waals surface area contributed by atoms with Crippen LogP contribution < -0.4 is 17.7 Å². The van der Waals surface area contributed by atoms with E-state index in [1.54, 1.807) is 0 Å². The second-order valence-electron chi connectivity index (χ2n) is 6.89. The van der Waals surface area contributed by atoms with Gasteiger partial charge in [0, 0.05) is 22.3 Å². The Morgan fingerprint density at radius 1 is 0.345 bits per heavy atom. The van der Waals surface area contributed by atoms with Crippen LogP contribution in [0.2, 0.25) is 0 Å². The molecule has 0 bridgehead atoms. The van der Waals surface area contributed by atoms with E-state index in [2.05, 4.69) is 0 Å². The minimum atomic E-state index is -3.68. The van der Waals surface area contributed by atoms with Crippen molar-refractivity contribution < 1.29 is 17.7 Å². The molecule has 2 aliphatic rings. The number of benzene rings is 4. The van der Waals surface area contributed by atoms with Crippen LogP contribution in [0.5, 0.6) is 23.0 Å². The second kappa shape index (κ2) is 6.15. The number of hydrogen-bond acceptors (Lipinski definition) is 4. The molecule has 0 fully saturated rings. The third-order valence-corrected chi connectivity index (χ3v) is 6.95. The van der Waals surface area contributed by atoms with Gasteiger partial charge in [0.05, 0.1) is 0 Å². The van der Waals surface area contributed by atoms with Crippen molar-refractivity contribution in [2.45, 2.75) is 0 Å². The number of rotatable bonds is 0. The lowest BCUT2D eigenvalue weighted by Gasteiger charge is -2.25. The predicted octanol–water partition coefficient (Wildman–Crippen LogP) is 5.70. The highest BCUT2D eigenvalue weighted by atomic mass is 28.4. The third kappa shape index (κ3) is 2.59. The van der Waals surface area contributed by atoms with E-state index in [9.17, 15) is 0 Å². The molecule has 0 radical (unpaired) electrons. The molecule has 5 heteroatoms. The lowest BCUT2D eigenvalue weighted by atomic mass is 10.0. The monoisotopic (exact) mass is 396 g/mol. The van der Waals surface area contributed by atoms with Gasteiger partial charge < -0.3 is 17.7 Å². The summed E-state index contributed by atoms with van der Waals surface area (Å²) in [5, 5.41) is 0. The molecule has 2 heterocycles. The van der Waals surface area contributed by atoms with Crippen LogP contribution in [-0.4, -0.2) is 9.05 Å². The molecule has 0 saturated heterocycles. The summed E-state index contributed by atoms with van der Waals surface area (Å²) in [7, 11) is -3.68. The molecule has 4 aromatic rings. The Labute approximate surface area is 169 Å². The first-order valence-corrected chi connectivity index (χ1v) is 11.1. The molecule has 2 aliphatic heterocycles. The highest BCUT2D eigenvalue weighted by Gasteiger charge is 2.61. The van der Waals surface area contributed by atoms with Crippen LogP contribution >= 0.6 is 0 Å². The number of hydrogen-bond donors (Lipinski definition) is 0. The van der Waals surface area contributed by atoms with E-state index in [0.29, 0.717) is 23.0 Å². The second-order valence-corrected chi connectivity index (χ2v) is 8.71. The summed E-state index contributed by atoms with van der Waals surface area (Å²) in [4.78, 5) is 0. The zero-order valence-corrected chi connectivity index (χ0v) is 16.4. The molecular weight excluding hydrogens is 380 g/mol. The summed E-state index contributed by atoms with van der Waals surface area (Å²) in [6.07, 6.45) is 0. The van der Waals surface area contributed by atoms with Crippen molar-refractivity contribution in [2.24, 2.45) is 0 Å². The van der Waals surface area contributed by atoms with E-state index >= 15 is 0 Å². The maximum atomic E-state index is 6.43. The van der Waals surface area contributed by atoms with Crippen molar-refractivity contribution in [1.29, 1.82) is 0 Å². The predicted molar refractivity (Wildman–Crippen MR) is 112 cm³/mol. The van der Waals surface area contributed by atoms with E-state index in [0.717, 1.165) is 22.3 Å². The third-order valence-electron chi connectivity index (χ3n) is 5.07. The van der Waals surface area contributed by atoms with Gasteiger partial charge in [-0.25, -0.2) is 0 Å². The number of fused-ring (bicyclic) bond motifs is 6. The molecule has 0 atom stereocenters. The standard InChI is InChI=1S/C24H16O4Si/c1-5-13-21-17(9-1)18-10-2-6-14-22(18)26-29(25-21)27-23-15-7-3-11-19(23)20-12-4-8-16-24(20)28-29/h1-16H. The molecule has 0 saturated carbocycles. The maximum absolute atomic E-state index is 6.43. The molecule has 0 amide bonds. The molecular formula is C24H16O4Si. The molecule has 6 rings (SSSR count). The Morgan fingerprint density at radius 3 is 0.862 bits per heavy atom. The molecule has 4 aromatic carbocycles. The molecule has 29 heavy (non-hydrogen) atoms. The van der Waals surface area contributed by atoms with Gasteiger partial charge in [-0.3, -0.25) is 0 Å². The van der Waals surface area contributed by atoms with E-state index in [1.165, 1.54) is 0 Å². The van der Waals surface area contributed by atoms with Gasteiger partial charge in [0.1, 0.15) is 23.0 Å². The molecule has 0 aliphatic carbocycles. The summed E-state index contributed by atoms with van der Waals surface area (Å²) in [5.74, 6) is 2.73. The fourth-order valence-electron chi connectivity index (χ4n) is 3.78. The topological polar surface area (TPSA) is 36.9 Å². The summed E-state index contributed by atoms with van der Waals surface area (Å²) in [6.45, 7) is 0. The van der Waals surface area contributed by atoms with E-state index in [1.807, 2.05) is 97.1 Å². The first-order chi connectivity index (χ1) is 14.3. The molecule has 0 unspecified atom stereocenters. The van der Waals surface area contributed by atoms with Crippen LogP contribution in [0.4, 0.5) is 0 Å². The van der Waals surface area contributed by atoms with Gasteiger partial charge >= 0.3 is 9.05 Å². The Hall–Kier alpha value is -3.70. The van der Waals surface area contributed by atoms with Gasteiger partial charge in [-0.15, -0.1) is 0 Å². The van der Waals surface area contributed by atoms with Crippen LogP contribution in [0.3, 0.4) is 0 Å². The fraction of sp³-hybridized carbons (Fsp3) is 0. The first kappa shape index (κ1) is 16.3. The van der Waals surface area contributed by atoms with Crippen molar-refractivity contribution in [3.8, 4) is 45.3 Å². The van der Waals surface area contributed by atoms with Crippen molar-refractivity contribution in [2.75, 3.05) is 0 Å². The lowest BCUT2D eigenvalue weighted by molar-refractivity contribution is 0.167. The van der Waals surface area contributed by atoms with Crippen LogP contribution in [-0.2, 0) is 0 Å². The highest BCUT2D eigenvalue weighted by Crippen LogP contribution is 2.46. The van der Waals surface area contributed by atoms with Crippen molar-refractivity contribution in [1.82, 2.24) is 0 Å². The Bertz CT molecular complexity index is 1040. The van der Waals surface area contributed by atoms with Gasteiger partial charge in [0.2, 0.25) is 0 Å². The SMILES string of the molecule is c1ccc2c(c1)O[Si]1(Oc3ccccc3-2)Oc2ccccc2-c2ccccc2O1. The highest BCUT2D eigenvalue weighted by molar-refractivity contribution is 6.57. The zero-order chi connectivity index (χ0) is 19.3. The van der Waals surface area contributed by atoms with E-state index < -0.39 is 9.05 Å². The smallest absolute Gasteiger partial charge is 0.452 e. The van der Waals surface area contributed by atoms with Gasteiger partial charge in [0.25, 0.3) is 0 Å². The number of para-hydroxylation sites is 4. The fourth-order valence-corrected chi connectivity index (χ4v) is 5.82. The van der Waals surface area contributed by atoms with Crippen LogP contribution in [0, 0.1) is 0 Å².